The molecule has 0 fully saturated rings. The number of carbonyl (C=O) groups excluding carboxylic acids is 1. The largest absolute Gasteiger partial charge is 0.450 e. The first-order valence-corrected chi connectivity index (χ1v) is 8.79. The van der Waals surface area contributed by atoms with Crippen molar-refractivity contribution in [2.24, 2.45) is 5.73 Å². The summed E-state index contributed by atoms with van der Waals surface area (Å²) in [6, 6.07) is 0. The fraction of sp³-hybridized carbons (Fsp3) is 0.550. The van der Waals surface area contributed by atoms with E-state index in [9.17, 15) is 4.79 Å². The van der Waals surface area contributed by atoms with Crippen molar-refractivity contribution >= 4 is 6.09 Å². The number of primary amides is 1. The number of amides is 1. The molecule has 0 aromatic rings. The molecule has 0 bridgehead atoms. The number of unbranched alkanes of at least 4 members (excludes halogenated alkanes) is 4. The third-order valence-electron chi connectivity index (χ3n) is 3.22. The van der Waals surface area contributed by atoms with Gasteiger partial charge in [0.2, 0.25) is 0 Å². The molecule has 0 saturated carbocycles. The standard InChI is InChI=1S/C20H33NO2/c1-2-3-4-5-6-7-8-9-10-11-12-13-14-15-16-17-18-19-23-20(21)22/h6-7,9-10,12-13,15-16H,2-5,8,11,14,17-19H2,1H3,(H2,21,22). The second-order valence-corrected chi connectivity index (χ2v) is 5.40. The lowest BCUT2D eigenvalue weighted by Gasteiger charge is -1.97. The minimum atomic E-state index is -0.697. The normalized spacial score (nSPS) is 12.2. The summed E-state index contributed by atoms with van der Waals surface area (Å²) in [5.74, 6) is 0. The Morgan fingerprint density at radius 3 is 1.74 bits per heavy atom. The molecule has 0 aromatic heterocycles. The monoisotopic (exact) mass is 319 g/mol. The van der Waals surface area contributed by atoms with E-state index in [2.05, 4.69) is 60.3 Å². The van der Waals surface area contributed by atoms with Crippen molar-refractivity contribution in [1.82, 2.24) is 0 Å². The van der Waals surface area contributed by atoms with Crippen molar-refractivity contribution in [2.75, 3.05) is 6.61 Å². The summed E-state index contributed by atoms with van der Waals surface area (Å²) in [5.41, 5.74) is 4.87. The molecule has 0 spiro atoms. The van der Waals surface area contributed by atoms with Gasteiger partial charge in [0, 0.05) is 0 Å². The molecule has 0 aliphatic rings. The first-order chi connectivity index (χ1) is 11.3. The Morgan fingerprint density at radius 2 is 1.26 bits per heavy atom. The summed E-state index contributed by atoms with van der Waals surface area (Å²) in [5, 5.41) is 0. The molecule has 3 nitrogen and oxygen atoms in total. The lowest BCUT2D eigenvalue weighted by atomic mass is 10.2. The van der Waals surface area contributed by atoms with Gasteiger partial charge in [0.05, 0.1) is 6.61 Å². The summed E-state index contributed by atoms with van der Waals surface area (Å²) >= 11 is 0. The van der Waals surface area contributed by atoms with Gasteiger partial charge in [-0.3, -0.25) is 0 Å². The van der Waals surface area contributed by atoms with Crippen LogP contribution in [0, 0.1) is 0 Å². The Labute approximate surface area is 142 Å². The van der Waals surface area contributed by atoms with Crippen molar-refractivity contribution < 1.29 is 9.53 Å². The van der Waals surface area contributed by atoms with Crippen LogP contribution in [0.25, 0.3) is 0 Å². The van der Waals surface area contributed by atoms with Crippen LogP contribution in [-0.4, -0.2) is 12.7 Å². The Balaban J connectivity index is 3.39. The van der Waals surface area contributed by atoms with E-state index in [1.165, 1.54) is 25.7 Å². The van der Waals surface area contributed by atoms with Crippen molar-refractivity contribution in [3.8, 4) is 0 Å². The number of rotatable bonds is 14. The molecule has 0 unspecified atom stereocenters. The van der Waals surface area contributed by atoms with Gasteiger partial charge in [-0.05, 0) is 44.9 Å². The average Bonchev–Trinajstić information content (AvgIpc) is 2.53. The molecule has 23 heavy (non-hydrogen) atoms. The molecule has 0 saturated heterocycles. The average molecular weight is 319 g/mol. The smallest absolute Gasteiger partial charge is 0.404 e. The van der Waals surface area contributed by atoms with Crippen LogP contribution in [-0.2, 0) is 4.74 Å². The zero-order valence-electron chi connectivity index (χ0n) is 14.6. The molecule has 0 aromatic carbocycles. The Bertz CT molecular complexity index is 381. The lowest BCUT2D eigenvalue weighted by Crippen LogP contribution is -2.13. The van der Waals surface area contributed by atoms with Crippen LogP contribution >= 0.6 is 0 Å². The van der Waals surface area contributed by atoms with Crippen LogP contribution in [0.1, 0.15) is 64.7 Å². The zero-order chi connectivity index (χ0) is 17.0. The molecular formula is C20H33NO2. The van der Waals surface area contributed by atoms with Gasteiger partial charge in [-0.15, -0.1) is 0 Å². The van der Waals surface area contributed by atoms with E-state index in [4.69, 9.17) is 5.73 Å². The zero-order valence-corrected chi connectivity index (χ0v) is 14.6. The number of carbonyl (C=O) groups is 1. The molecule has 0 heterocycles. The number of hydrogen-bond donors (Lipinski definition) is 1. The van der Waals surface area contributed by atoms with E-state index in [-0.39, 0.29) is 0 Å². The maximum atomic E-state index is 10.3. The van der Waals surface area contributed by atoms with E-state index in [0.717, 1.165) is 32.1 Å². The molecule has 0 radical (unpaired) electrons. The number of hydrogen-bond acceptors (Lipinski definition) is 2. The van der Waals surface area contributed by atoms with Crippen molar-refractivity contribution in [2.45, 2.75) is 64.7 Å². The summed E-state index contributed by atoms with van der Waals surface area (Å²) < 4.78 is 4.64. The van der Waals surface area contributed by atoms with E-state index >= 15 is 0 Å². The van der Waals surface area contributed by atoms with Crippen LogP contribution < -0.4 is 5.73 Å². The highest BCUT2D eigenvalue weighted by Gasteiger charge is 1.90. The molecular weight excluding hydrogens is 286 g/mol. The summed E-state index contributed by atoms with van der Waals surface area (Å²) in [6.45, 7) is 2.63. The minimum Gasteiger partial charge on any atom is -0.450 e. The van der Waals surface area contributed by atoms with Gasteiger partial charge in [-0.25, -0.2) is 4.79 Å². The van der Waals surface area contributed by atoms with E-state index in [1.807, 2.05) is 0 Å². The van der Waals surface area contributed by atoms with Gasteiger partial charge in [-0.1, -0.05) is 68.4 Å². The third kappa shape index (κ3) is 20.2. The second kappa shape index (κ2) is 18.3. The SMILES string of the molecule is CCCCCC=CCC=CCC=CCC=CCCCOC(N)=O. The Hall–Kier alpha value is -1.77. The predicted molar refractivity (Wildman–Crippen MR) is 99.3 cm³/mol. The highest BCUT2D eigenvalue weighted by molar-refractivity contribution is 5.64. The molecule has 2 N–H and O–H groups in total. The quantitative estimate of drug-likeness (QED) is 0.323. The molecule has 130 valence electrons. The fourth-order valence-electron chi connectivity index (χ4n) is 1.93. The van der Waals surface area contributed by atoms with Gasteiger partial charge >= 0.3 is 6.09 Å². The van der Waals surface area contributed by atoms with Crippen molar-refractivity contribution in [3.05, 3.63) is 48.6 Å². The number of ether oxygens (including phenoxy) is 1. The number of nitrogens with two attached hydrogens (primary N) is 1. The molecule has 0 aliphatic heterocycles. The van der Waals surface area contributed by atoms with Gasteiger partial charge in [0.25, 0.3) is 0 Å². The van der Waals surface area contributed by atoms with Gasteiger partial charge < -0.3 is 10.5 Å². The molecule has 3 heteroatoms. The van der Waals surface area contributed by atoms with E-state index in [0.29, 0.717) is 6.61 Å². The van der Waals surface area contributed by atoms with Crippen molar-refractivity contribution in [1.29, 1.82) is 0 Å². The highest BCUT2D eigenvalue weighted by atomic mass is 16.5. The summed E-state index contributed by atoms with van der Waals surface area (Å²) in [4.78, 5) is 10.3. The molecule has 0 aliphatic carbocycles. The lowest BCUT2D eigenvalue weighted by molar-refractivity contribution is 0.155. The maximum Gasteiger partial charge on any atom is 0.404 e. The number of allylic oxidation sites excluding steroid dienone is 8. The van der Waals surface area contributed by atoms with E-state index in [1.54, 1.807) is 0 Å². The topological polar surface area (TPSA) is 52.3 Å². The third-order valence-corrected chi connectivity index (χ3v) is 3.22. The van der Waals surface area contributed by atoms with Crippen LogP contribution in [0.5, 0.6) is 0 Å². The Kier molecular flexibility index (Phi) is 16.9. The first kappa shape index (κ1) is 21.2. The van der Waals surface area contributed by atoms with Crippen molar-refractivity contribution in [3.63, 3.8) is 0 Å². The van der Waals surface area contributed by atoms with E-state index < -0.39 is 6.09 Å². The second-order valence-electron chi connectivity index (χ2n) is 5.40. The first-order valence-electron chi connectivity index (χ1n) is 8.79. The van der Waals surface area contributed by atoms with Crippen LogP contribution in [0.2, 0.25) is 0 Å². The van der Waals surface area contributed by atoms with Crippen LogP contribution in [0.15, 0.2) is 48.6 Å². The fourth-order valence-corrected chi connectivity index (χ4v) is 1.93. The summed E-state index contributed by atoms with van der Waals surface area (Å²) in [6.07, 6.45) is 26.7. The highest BCUT2D eigenvalue weighted by Crippen LogP contribution is 2.01. The van der Waals surface area contributed by atoms with Gasteiger partial charge in [0.1, 0.15) is 0 Å². The Morgan fingerprint density at radius 1 is 0.783 bits per heavy atom. The predicted octanol–water partition coefficient (Wildman–Crippen LogP) is 5.84. The van der Waals surface area contributed by atoms with Crippen LogP contribution in [0.4, 0.5) is 4.79 Å². The van der Waals surface area contributed by atoms with Gasteiger partial charge in [0.15, 0.2) is 0 Å². The molecule has 0 atom stereocenters. The van der Waals surface area contributed by atoms with Crippen LogP contribution in [0.3, 0.4) is 0 Å². The minimum absolute atomic E-state index is 0.396. The molecule has 0 rings (SSSR count). The maximum absolute atomic E-state index is 10.3. The summed E-state index contributed by atoms with van der Waals surface area (Å²) in [7, 11) is 0. The van der Waals surface area contributed by atoms with Gasteiger partial charge in [-0.2, -0.15) is 0 Å². The molecule has 1 amide bonds.